The van der Waals surface area contributed by atoms with Gasteiger partial charge in [0.15, 0.2) is 0 Å². The van der Waals surface area contributed by atoms with Crippen molar-refractivity contribution in [1.29, 1.82) is 0 Å². The molecule has 0 atom stereocenters. The Labute approximate surface area is 113 Å². The first-order valence-corrected chi connectivity index (χ1v) is 6.16. The fourth-order valence-corrected chi connectivity index (χ4v) is 1.90. The predicted octanol–water partition coefficient (Wildman–Crippen LogP) is 4.00. The average Bonchev–Trinajstić information content (AvgIpc) is 2.45. The summed E-state index contributed by atoms with van der Waals surface area (Å²) in [4.78, 5) is 11.6. The van der Waals surface area contributed by atoms with E-state index in [2.05, 4.69) is 25.6 Å². The number of hydrogen-bond acceptors (Lipinski definition) is 2. The molecule has 0 aliphatic rings. The lowest BCUT2D eigenvalue weighted by Gasteiger charge is -2.07. The third-order valence-corrected chi connectivity index (χ3v) is 2.91. The Balaban J connectivity index is 2.21. The van der Waals surface area contributed by atoms with Crippen molar-refractivity contribution in [3.05, 3.63) is 72.3 Å². The summed E-state index contributed by atoms with van der Waals surface area (Å²) < 4.78 is 4.99. The van der Waals surface area contributed by atoms with Crippen LogP contribution in [-0.2, 0) is 4.74 Å². The van der Waals surface area contributed by atoms with Crippen LogP contribution in [-0.4, -0.2) is 12.6 Å². The molecule has 0 bridgehead atoms. The Morgan fingerprint density at radius 3 is 2.47 bits per heavy atom. The van der Waals surface area contributed by atoms with Gasteiger partial charge in [0, 0.05) is 0 Å². The van der Waals surface area contributed by atoms with E-state index in [-0.39, 0.29) is 12.6 Å². The highest BCUT2D eigenvalue weighted by Crippen LogP contribution is 2.23. The molecule has 2 nitrogen and oxygen atoms in total. The molecule has 0 N–H and O–H groups in total. The van der Waals surface area contributed by atoms with Gasteiger partial charge >= 0.3 is 5.97 Å². The normalized spacial score (nSPS) is 9.95. The van der Waals surface area contributed by atoms with Gasteiger partial charge in [0.1, 0.15) is 6.61 Å². The third kappa shape index (κ3) is 3.10. The van der Waals surface area contributed by atoms with E-state index < -0.39 is 0 Å². The van der Waals surface area contributed by atoms with Crippen molar-refractivity contribution in [3.8, 4) is 11.1 Å². The number of ether oxygens (including phenoxy) is 1. The molecule has 19 heavy (non-hydrogen) atoms. The molecule has 96 valence electrons. The van der Waals surface area contributed by atoms with Crippen molar-refractivity contribution in [1.82, 2.24) is 0 Å². The summed E-state index contributed by atoms with van der Waals surface area (Å²) in [7, 11) is 0. The quantitative estimate of drug-likeness (QED) is 0.607. The first-order valence-electron chi connectivity index (χ1n) is 6.16. The summed E-state index contributed by atoms with van der Waals surface area (Å²) in [6, 6.07) is 15.6. The highest BCUT2D eigenvalue weighted by atomic mass is 16.5. The van der Waals surface area contributed by atoms with Crippen LogP contribution in [0.4, 0.5) is 0 Å². The van der Waals surface area contributed by atoms with E-state index in [4.69, 9.17) is 4.74 Å². The Kier molecular flexibility index (Phi) is 4.14. The second-order valence-electron chi connectivity index (χ2n) is 4.28. The number of benzene rings is 2. The molecule has 2 aromatic carbocycles. The first kappa shape index (κ1) is 13.1. The molecular weight excluding hydrogens is 236 g/mol. The van der Waals surface area contributed by atoms with Gasteiger partial charge in [-0.3, -0.25) is 0 Å². The van der Waals surface area contributed by atoms with E-state index in [0.29, 0.717) is 5.56 Å². The molecule has 0 saturated heterocycles. The highest BCUT2D eigenvalue weighted by Gasteiger charge is 2.07. The molecule has 2 heteroatoms. The van der Waals surface area contributed by atoms with Gasteiger partial charge in [0.05, 0.1) is 5.56 Å². The standard InChI is InChI=1S/C17H16O2/c1-3-12-19-17(18)15-10-8-14(9-11-15)16-7-5-4-6-13(16)2/h3-11H,1,12H2,2H3. The van der Waals surface area contributed by atoms with Gasteiger partial charge in [-0.05, 0) is 35.7 Å². The molecule has 0 heterocycles. The Hall–Kier alpha value is -2.35. The second-order valence-corrected chi connectivity index (χ2v) is 4.28. The topological polar surface area (TPSA) is 26.3 Å². The lowest BCUT2D eigenvalue weighted by molar-refractivity contribution is 0.0550. The van der Waals surface area contributed by atoms with Crippen molar-refractivity contribution < 1.29 is 9.53 Å². The van der Waals surface area contributed by atoms with E-state index in [1.54, 1.807) is 18.2 Å². The van der Waals surface area contributed by atoms with Crippen LogP contribution >= 0.6 is 0 Å². The van der Waals surface area contributed by atoms with E-state index in [0.717, 1.165) is 5.56 Å². The van der Waals surface area contributed by atoms with Gasteiger partial charge in [-0.25, -0.2) is 4.79 Å². The smallest absolute Gasteiger partial charge is 0.338 e. The van der Waals surface area contributed by atoms with Crippen LogP contribution in [0.15, 0.2) is 61.2 Å². The Morgan fingerprint density at radius 2 is 1.84 bits per heavy atom. The summed E-state index contributed by atoms with van der Waals surface area (Å²) in [6.45, 7) is 5.82. The van der Waals surface area contributed by atoms with Crippen LogP contribution in [0.1, 0.15) is 15.9 Å². The first-order chi connectivity index (χ1) is 9.22. The van der Waals surface area contributed by atoms with Crippen LogP contribution in [0.3, 0.4) is 0 Å². The molecule has 2 rings (SSSR count). The van der Waals surface area contributed by atoms with Crippen molar-refractivity contribution in [2.24, 2.45) is 0 Å². The zero-order chi connectivity index (χ0) is 13.7. The van der Waals surface area contributed by atoms with Gasteiger partial charge in [-0.15, -0.1) is 0 Å². The predicted molar refractivity (Wildman–Crippen MR) is 77.1 cm³/mol. The van der Waals surface area contributed by atoms with Crippen molar-refractivity contribution >= 4 is 5.97 Å². The fourth-order valence-electron chi connectivity index (χ4n) is 1.90. The molecule has 0 aliphatic heterocycles. The molecular formula is C17H16O2. The molecule has 0 unspecified atom stereocenters. The zero-order valence-electron chi connectivity index (χ0n) is 10.9. The van der Waals surface area contributed by atoms with Gasteiger partial charge in [-0.2, -0.15) is 0 Å². The summed E-state index contributed by atoms with van der Waals surface area (Å²) in [5, 5.41) is 0. The fraction of sp³-hybridized carbons (Fsp3) is 0.118. The molecule has 0 aliphatic carbocycles. The Morgan fingerprint density at radius 1 is 1.16 bits per heavy atom. The van der Waals surface area contributed by atoms with Crippen LogP contribution in [0.2, 0.25) is 0 Å². The van der Waals surface area contributed by atoms with E-state index in [9.17, 15) is 4.79 Å². The van der Waals surface area contributed by atoms with Crippen LogP contribution in [0.25, 0.3) is 11.1 Å². The minimum Gasteiger partial charge on any atom is -0.458 e. The minimum absolute atomic E-state index is 0.235. The number of carbonyl (C=O) groups excluding carboxylic acids is 1. The SMILES string of the molecule is C=CCOC(=O)c1ccc(-c2ccccc2C)cc1. The summed E-state index contributed by atoms with van der Waals surface area (Å²) in [5.74, 6) is -0.323. The summed E-state index contributed by atoms with van der Waals surface area (Å²) in [5.41, 5.74) is 4.04. The van der Waals surface area contributed by atoms with Crippen molar-refractivity contribution in [2.45, 2.75) is 6.92 Å². The number of aryl methyl sites for hydroxylation is 1. The van der Waals surface area contributed by atoms with Crippen LogP contribution in [0, 0.1) is 6.92 Å². The molecule has 0 fully saturated rings. The molecule has 0 spiro atoms. The number of carbonyl (C=O) groups is 1. The maximum absolute atomic E-state index is 11.6. The van der Waals surface area contributed by atoms with E-state index in [1.807, 2.05) is 24.3 Å². The summed E-state index contributed by atoms with van der Waals surface area (Å²) in [6.07, 6.45) is 1.56. The van der Waals surface area contributed by atoms with E-state index >= 15 is 0 Å². The molecule has 0 aromatic heterocycles. The lowest BCUT2D eigenvalue weighted by atomic mass is 10.00. The van der Waals surface area contributed by atoms with Gasteiger partial charge in [-0.1, -0.05) is 49.1 Å². The maximum atomic E-state index is 11.6. The molecule has 0 amide bonds. The second kappa shape index (κ2) is 6.01. The molecule has 0 saturated carbocycles. The van der Waals surface area contributed by atoms with Crippen molar-refractivity contribution in [3.63, 3.8) is 0 Å². The van der Waals surface area contributed by atoms with Gasteiger partial charge in [0.25, 0.3) is 0 Å². The molecule has 2 aromatic rings. The van der Waals surface area contributed by atoms with Crippen LogP contribution < -0.4 is 0 Å². The van der Waals surface area contributed by atoms with Crippen LogP contribution in [0.5, 0.6) is 0 Å². The summed E-state index contributed by atoms with van der Waals surface area (Å²) >= 11 is 0. The largest absolute Gasteiger partial charge is 0.458 e. The minimum atomic E-state index is -0.323. The number of esters is 1. The molecule has 0 radical (unpaired) electrons. The third-order valence-electron chi connectivity index (χ3n) is 2.91. The van der Waals surface area contributed by atoms with Gasteiger partial charge in [0.2, 0.25) is 0 Å². The van der Waals surface area contributed by atoms with Crippen molar-refractivity contribution in [2.75, 3.05) is 6.61 Å². The highest BCUT2D eigenvalue weighted by molar-refractivity contribution is 5.90. The average molecular weight is 252 g/mol. The van der Waals surface area contributed by atoms with Gasteiger partial charge < -0.3 is 4.74 Å². The lowest BCUT2D eigenvalue weighted by Crippen LogP contribution is -2.04. The zero-order valence-corrected chi connectivity index (χ0v) is 10.9. The number of hydrogen-bond donors (Lipinski definition) is 0. The maximum Gasteiger partial charge on any atom is 0.338 e. The monoisotopic (exact) mass is 252 g/mol. The Bertz CT molecular complexity index is 582. The number of rotatable bonds is 4. The van der Waals surface area contributed by atoms with E-state index in [1.165, 1.54) is 11.1 Å².